The number of aliphatic hydroxyl groups excluding tert-OH is 1. The Kier molecular flexibility index (Phi) is 11.2. The molecular formula is C44H50N4O7. The van der Waals surface area contributed by atoms with Crippen molar-refractivity contribution in [1.82, 2.24) is 10.2 Å². The second-order valence-corrected chi connectivity index (χ2v) is 14.7. The average Bonchev–Trinajstić information content (AvgIpc) is 3.85. The van der Waals surface area contributed by atoms with E-state index in [2.05, 4.69) is 24.1 Å². The van der Waals surface area contributed by atoms with Crippen molar-refractivity contribution in [2.45, 2.75) is 76.0 Å². The summed E-state index contributed by atoms with van der Waals surface area (Å²) in [5, 5.41) is 14.0. The van der Waals surface area contributed by atoms with Gasteiger partial charge in [0.25, 0.3) is 5.91 Å². The number of cyclic esters (lactones) is 1. The van der Waals surface area contributed by atoms with Crippen LogP contribution >= 0.6 is 0 Å². The van der Waals surface area contributed by atoms with E-state index < -0.39 is 72.2 Å². The number of carbonyl (C=O) groups is 4. The molecule has 3 aromatic carbocycles. The highest BCUT2D eigenvalue weighted by Gasteiger charge is 2.74. The maximum atomic E-state index is 15.4. The van der Waals surface area contributed by atoms with Gasteiger partial charge in [-0.1, -0.05) is 85.0 Å². The molecule has 3 amide bonds. The number of ether oxygens (including phenoxy) is 2. The van der Waals surface area contributed by atoms with Gasteiger partial charge in [0.1, 0.15) is 23.7 Å². The first kappa shape index (κ1) is 38.0. The summed E-state index contributed by atoms with van der Waals surface area (Å²) in [6, 6.07) is 23.9. The van der Waals surface area contributed by atoms with E-state index in [-0.39, 0.29) is 25.3 Å². The minimum absolute atomic E-state index is 0.151. The molecule has 11 nitrogen and oxygen atoms in total. The fourth-order valence-electron chi connectivity index (χ4n) is 8.81. The summed E-state index contributed by atoms with van der Waals surface area (Å²) in [4.78, 5) is 63.4. The van der Waals surface area contributed by atoms with E-state index in [9.17, 15) is 14.7 Å². The van der Waals surface area contributed by atoms with Crippen LogP contribution in [0.15, 0.2) is 109 Å². The van der Waals surface area contributed by atoms with E-state index in [0.717, 1.165) is 24.3 Å². The second kappa shape index (κ2) is 16.2. The number of amides is 3. The molecule has 2 fully saturated rings. The third-order valence-corrected chi connectivity index (χ3v) is 11.5. The number of rotatable bonds is 9. The molecule has 288 valence electrons. The topological polar surface area (TPSA) is 129 Å². The standard InChI is InChI=1S/C44H50N4O7/c1-4-46(5-2)32-20-22-33(23-21-32)47-26-14-8-13-19-36(50)45-29(3)39(31-17-11-7-12-18-31)54-43(53)37-35-24-25-44(55-35)38(37)41(51)48(40(44)42(47)52)34(28-49)27-30-15-9-6-10-16-30/h6-12,14-18,20-25,29,34-35,37-40,49H,4-5,13,19,26-28H2,1-3H3,(H,45,50)/b14-8-/t29-,34+,35+,37-,38-,39+,40+,44-/m0/s1. The fourth-order valence-corrected chi connectivity index (χ4v) is 8.81. The van der Waals surface area contributed by atoms with Crippen LogP contribution < -0.4 is 15.1 Å². The van der Waals surface area contributed by atoms with Gasteiger partial charge in [0.05, 0.1) is 30.7 Å². The largest absolute Gasteiger partial charge is 0.455 e. The van der Waals surface area contributed by atoms with Crippen molar-refractivity contribution in [3.63, 3.8) is 0 Å². The molecule has 2 N–H and O–H groups in total. The van der Waals surface area contributed by atoms with Gasteiger partial charge in [-0.15, -0.1) is 0 Å². The van der Waals surface area contributed by atoms with Crippen molar-refractivity contribution in [2.24, 2.45) is 11.8 Å². The maximum Gasteiger partial charge on any atom is 0.313 e. The van der Waals surface area contributed by atoms with Gasteiger partial charge >= 0.3 is 5.97 Å². The lowest BCUT2D eigenvalue weighted by molar-refractivity contribution is -0.161. The number of allylic oxidation sites excluding steroid dienone is 1. The summed E-state index contributed by atoms with van der Waals surface area (Å²) < 4.78 is 13.0. The Hall–Kier alpha value is -5.26. The van der Waals surface area contributed by atoms with Crippen LogP contribution in [0.4, 0.5) is 11.4 Å². The molecule has 4 aliphatic heterocycles. The molecule has 4 heterocycles. The SMILES string of the molecule is CCN(CC)c1ccc(N2C/C=C\CCC(=O)N[C@@H](C)[C@H](c3ccccc3)OC(=O)[C@@H]3[C@H]4C(=O)N([C@@H](CO)Cc5ccccc5)[C@H](C2=O)[C@]42C=C[C@H]3O2)cc1. The highest BCUT2D eigenvalue weighted by molar-refractivity contribution is 6.05. The zero-order valence-electron chi connectivity index (χ0n) is 31.6. The van der Waals surface area contributed by atoms with Crippen molar-refractivity contribution in [3.8, 4) is 0 Å². The van der Waals surface area contributed by atoms with Crippen molar-refractivity contribution in [1.29, 1.82) is 0 Å². The summed E-state index contributed by atoms with van der Waals surface area (Å²) in [6.45, 7) is 7.34. The minimum atomic E-state index is -1.49. The first-order chi connectivity index (χ1) is 26.7. The summed E-state index contributed by atoms with van der Waals surface area (Å²) in [6.07, 6.45) is 6.48. The fraction of sp³-hybridized carbons (Fsp3) is 0.409. The number of benzene rings is 3. The molecule has 2 saturated heterocycles. The smallest absolute Gasteiger partial charge is 0.313 e. The molecule has 3 aromatic rings. The number of hydrogen-bond donors (Lipinski definition) is 2. The second-order valence-electron chi connectivity index (χ2n) is 14.7. The number of aliphatic hydroxyl groups is 1. The molecule has 0 saturated carbocycles. The van der Waals surface area contributed by atoms with Crippen molar-refractivity contribution >= 4 is 35.1 Å². The normalized spacial score (nSPS) is 29.2. The van der Waals surface area contributed by atoms with Gasteiger partial charge in [0.15, 0.2) is 0 Å². The van der Waals surface area contributed by atoms with E-state index in [1.54, 1.807) is 24.0 Å². The van der Waals surface area contributed by atoms with Crippen molar-refractivity contribution < 1.29 is 33.8 Å². The Labute approximate surface area is 322 Å². The molecule has 0 radical (unpaired) electrons. The molecule has 55 heavy (non-hydrogen) atoms. The first-order valence-corrected chi connectivity index (χ1v) is 19.4. The summed E-state index contributed by atoms with van der Waals surface area (Å²) in [5.41, 5.74) is 1.71. The molecule has 5 bridgehead atoms. The van der Waals surface area contributed by atoms with Crippen LogP contribution in [0.5, 0.6) is 0 Å². The molecule has 0 aromatic heterocycles. The Morgan fingerprint density at radius 3 is 2.27 bits per heavy atom. The van der Waals surface area contributed by atoms with E-state index in [1.807, 2.05) is 97.1 Å². The van der Waals surface area contributed by atoms with Crippen LogP contribution in [0.3, 0.4) is 0 Å². The van der Waals surface area contributed by atoms with Gasteiger partial charge in [0.2, 0.25) is 11.8 Å². The summed E-state index contributed by atoms with van der Waals surface area (Å²) >= 11 is 0. The molecule has 1 spiro atoms. The number of nitrogens with zero attached hydrogens (tertiary/aromatic N) is 3. The zero-order valence-corrected chi connectivity index (χ0v) is 31.6. The lowest BCUT2D eigenvalue weighted by atomic mass is 9.74. The number of esters is 1. The molecule has 11 heteroatoms. The molecular weight excluding hydrogens is 697 g/mol. The first-order valence-electron chi connectivity index (χ1n) is 19.4. The molecule has 0 unspecified atom stereocenters. The third-order valence-electron chi connectivity index (χ3n) is 11.5. The minimum Gasteiger partial charge on any atom is -0.455 e. The summed E-state index contributed by atoms with van der Waals surface area (Å²) in [5.74, 6) is -3.88. The molecule has 7 rings (SSSR count). The predicted molar refractivity (Wildman–Crippen MR) is 209 cm³/mol. The number of nitrogens with one attached hydrogen (secondary N) is 1. The number of anilines is 2. The van der Waals surface area contributed by atoms with Crippen LogP contribution in [0.25, 0.3) is 0 Å². The Bertz CT molecular complexity index is 1910. The van der Waals surface area contributed by atoms with Crippen LogP contribution in [-0.4, -0.2) is 89.8 Å². The van der Waals surface area contributed by atoms with E-state index >= 15 is 9.59 Å². The van der Waals surface area contributed by atoms with Gasteiger partial charge in [-0.25, -0.2) is 0 Å². The van der Waals surface area contributed by atoms with Crippen LogP contribution in [-0.2, 0) is 35.1 Å². The van der Waals surface area contributed by atoms with Gasteiger partial charge in [0, 0.05) is 37.4 Å². The maximum absolute atomic E-state index is 15.4. The highest BCUT2D eigenvalue weighted by Crippen LogP contribution is 2.56. The number of hydrogen-bond acceptors (Lipinski definition) is 8. The van der Waals surface area contributed by atoms with E-state index in [4.69, 9.17) is 9.47 Å². The van der Waals surface area contributed by atoms with Crippen molar-refractivity contribution in [2.75, 3.05) is 36.0 Å². The molecule has 8 atom stereocenters. The van der Waals surface area contributed by atoms with Crippen LogP contribution in [0.2, 0.25) is 0 Å². The predicted octanol–water partition coefficient (Wildman–Crippen LogP) is 4.76. The number of fused-ring (bicyclic) bond motifs is 2. The van der Waals surface area contributed by atoms with E-state index in [1.165, 1.54) is 4.90 Å². The van der Waals surface area contributed by atoms with Gasteiger partial charge < -0.3 is 34.6 Å². The molecule has 4 aliphatic rings. The van der Waals surface area contributed by atoms with E-state index in [0.29, 0.717) is 17.7 Å². The highest BCUT2D eigenvalue weighted by atomic mass is 16.6. The summed E-state index contributed by atoms with van der Waals surface area (Å²) in [7, 11) is 0. The Morgan fingerprint density at radius 2 is 1.60 bits per heavy atom. The average molecular weight is 747 g/mol. The van der Waals surface area contributed by atoms with Crippen molar-refractivity contribution in [3.05, 3.63) is 120 Å². The quantitative estimate of drug-likeness (QED) is 0.237. The van der Waals surface area contributed by atoms with Gasteiger partial charge in [-0.2, -0.15) is 0 Å². The third kappa shape index (κ3) is 7.18. The lowest BCUT2D eigenvalue weighted by Gasteiger charge is -2.39. The monoisotopic (exact) mass is 746 g/mol. The molecule has 0 aliphatic carbocycles. The lowest BCUT2D eigenvalue weighted by Crippen LogP contribution is -2.59. The van der Waals surface area contributed by atoms with Crippen LogP contribution in [0, 0.1) is 11.8 Å². The van der Waals surface area contributed by atoms with Gasteiger partial charge in [-0.05, 0) is 69.0 Å². The Balaban J connectivity index is 1.34. The Morgan fingerprint density at radius 1 is 0.909 bits per heavy atom. The number of carbonyl (C=O) groups excluding carboxylic acids is 4. The van der Waals surface area contributed by atoms with Gasteiger partial charge in [-0.3, -0.25) is 19.2 Å². The number of likely N-dealkylation sites (tertiary alicyclic amines) is 1. The van der Waals surface area contributed by atoms with Crippen LogP contribution in [0.1, 0.15) is 50.8 Å². The zero-order chi connectivity index (χ0) is 38.7.